The van der Waals surface area contributed by atoms with Gasteiger partial charge in [-0.05, 0) is 91.9 Å². The van der Waals surface area contributed by atoms with E-state index in [4.69, 9.17) is 5.11 Å². The van der Waals surface area contributed by atoms with E-state index in [0.29, 0.717) is 11.3 Å². The van der Waals surface area contributed by atoms with Crippen molar-refractivity contribution < 1.29 is 22.8 Å². The first-order valence-corrected chi connectivity index (χ1v) is 15.6. The van der Waals surface area contributed by atoms with E-state index >= 15 is 0 Å². The van der Waals surface area contributed by atoms with Crippen molar-refractivity contribution >= 4 is 31.6 Å². The van der Waals surface area contributed by atoms with Gasteiger partial charge in [-0.2, -0.15) is 8.42 Å². The quantitative estimate of drug-likeness (QED) is 0.212. The van der Waals surface area contributed by atoms with Gasteiger partial charge in [-0.25, -0.2) is 0 Å². The molecule has 2 N–H and O–H groups in total. The lowest BCUT2D eigenvalue weighted by Crippen LogP contribution is -2.29. The average molecular weight is 651 g/mol. The maximum atomic E-state index is 10.9. The molecular formula is C31H44BrN3O5S. The number of rotatable bonds is 8. The number of halogens is 1. The van der Waals surface area contributed by atoms with Gasteiger partial charge in [0.15, 0.2) is 0 Å². The maximum Gasteiger partial charge on any atom is 0.264 e. The van der Waals surface area contributed by atoms with Crippen molar-refractivity contribution in [2.75, 3.05) is 12.9 Å². The Bertz CT molecular complexity index is 1290. The highest BCUT2D eigenvalue weighted by atomic mass is 79.9. The second-order valence-electron chi connectivity index (χ2n) is 9.64. The SMILES string of the molecule is C=C(C)C.C=C(C)c1ccc(CC)nc1.CCc1ccc([C@](C)(O)COS(C)(=O)=O)cn1.OCc1ccc(Br)cn1. The van der Waals surface area contributed by atoms with Crippen LogP contribution in [0.15, 0.2) is 78.2 Å². The molecule has 10 heteroatoms. The van der Waals surface area contributed by atoms with Gasteiger partial charge in [0.2, 0.25) is 0 Å². The summed E-state index contributed by atoms with van der Waals surface area (Å²) in [5, 5.41) is 18.6. The Kier molecular flexibility index (Phi) is 18.1. The van der Waals surface area contributed by atoms with Crippen LogP contribution in [0, 0.1) is 0 Å². The Balaban J connectivity index is 0.000000575. The van der Waals surface area contributed by atoms with E-state index in [0.717, 1.165) is 46.1 Å². The van der Waals surface area contributed by atoms with Crippen LogP contribution in [0.3, 0.4) is 0 Å². The molecule has 0 spiro atoms. The van der Waals surface area contributed by atoms with E-state index in [1.807, 2.05) is 46.0 Å². The number of allylic oxidation sites excluding steroid dienone is 2. The molecule has 0 aliphatic rings. The van der Waals surface area contributed by atoms with Crippen LogP contribution >= 0.6 is 15.9 Å². The van der Waals surface area contributed by atoms with Crippen molar-refractivity contribution in [2.45, 2.75) is 66.6 Å². The topological polar surface area (TPSA) is 123 Å². The zero-order valence-electron chi connectivity index (χ0n) is 25.2. The highest BCUT2D eigenvalue weighted by Crippen LogP contribution is 2.21. The number of hydrogen-bond donors (Lipinski definition) is 2. The summed E-state index contributed by atoms with van der Waals surface area (Å²) in [5.41, 5.74) is 5.25. The number of aliphatic hydroxyl groups excluding tert-OH is 1. The van der Waals surface area contributed by atoms with Crippen LogP contribution in [0.4, 0.5) is 0 Å². The summed E-state index contributed by atoms with van der Waals surface area (Å²) in [5.74, 6) is 0. The van der Waals surface area contributed by atoms with Gasteiger partial charge in [-0.1, -0.05) is 38.1 Å². The van der Waals surface area contributed by atoms with Crippen LogP contribution in [-0.4, -0.2) is 46.4 Å². The summed E-state index contributed by atoms with van der Waals surface area (Å²) in [6.07, 6.45) is 7.82. The molecule has 0 aliphatic carbocycles. The predicted molar refractivity (Wildman–Crippen MR) is 171 cm³/mol. The van der Waals surface area contributed by atoms with E-state index in [9.17, 15) is 13.5 Å². The van der Waals surface area contributed by atoms with E-state index in [1.165, 1.54) is 18.7 Å². The molecule has 1 atom stereocenters. The van der Waals surface area contributed by atoms with Gasteiger partial charge in [0.1, 0.15) is 5.60 Å². The number of hydrogen-bond acceptors (Lipinski definition) is 8. The third-order valence-corrected chi connectivity index (χ3v) is 6.01. The van der Waals surface area contributed by atoms with Crippen molar-refractivity contribution in [1.82, 2.24) is 15.0 Å². The van der Waals surface area contributed by atoms with Gasteiger partial charge in [-0.3, -0.25) is 19.1 Å². The average Bonchev–Trinajstić information content (AvgIpc) is 2.92. The van der Waals surface area contributed by atoms with Crippen LogP contribution in [0.25, 0.3) is 5.57 Å². The summed E-state index contributed by atoms with van der Waals surface area (Å²) < 4.78 is 27.3. The normalized spacial score (nSPS) is 11.8. The summed E-state index contributed by atoms with van der Waals surface area (Å²) in [4.78, 5) is 12.3. The minimum Gasteiger partial charge on any atom is -0.390 e. The van der Waals surface area contributed by atoms with Crippen LogP contribution in [0.2, 0.25) is 0 Å². The van der Waals surface area contributed by atoms with Crippen molar-refractivity contribution in [3.63, 3.8) is 0 Å². The lowest BCUT2D eigenvalue weighted by molar-refractivity contribution is 0.00976. The number of pyridine rings is 3. The molecule has 0 unspecified atom stereocenters. The third-order valence-electron chi connectivity index (χ3n) is 4.99. The van der Waals surface area contributed by atoms with Crippen molar-refractivity contribution in [3.05, 3.63) is 106 Å². The highest BCUT2D eigenvalue weighted by molar-refractivity contribution is 9.10. The minimum atomic E-state index is -3.56. The predicted octanol–water partition coefficient (Wildman–Crippen LogP) is 6.42. The number of aryl methyl sites for hydroxylation is 2. The summed E-state index contributed by atoms with van der Waals surface area (Å²) >= 11 is 3.23. The Hall–Kier alpha value is -2.76. The molecule has 3 heterocycles. The fourth-order valence-corrected chi connectivity index (χ4v) is 3.32. The molecule has 8 nitrogen and oxygen atoms in total. The molecule has 3 aromatic rings. The second-order valence-corrected chi connectivity index (χ2v) is 12.2. The molecular weight excluding hydrogens is 606 g/mol. The Morgan fingerprint density at radius 3 is 1.73 bits per heavy atom. The standard InChI is InChI=1S/C11H17NO4S.C10H13N.C6H6BrNO.C4H8/c1-4-10-6-5-9(7-12-10)11(2,13)8-16-17(3,14)15;1-4-10-6-5-9(7-11-10)8(2)3;7-5-1-2-6(4-9)8-3-5;1-4(2)3/h5-7,13H,4,8H2,1-3H3;5-7H,2,4H2,1,3H3;1-3,9H,4H2;1H2,2-3H3/t11-;;;/m1.../s1. The van der Waals surface area contributed by atoms with Crippen LogP contribution in [0.1, 0.15) is 69.8 Å². The molecule has 0 aliphatic heterocycles. The van der Waals surface area contributed by atoms with Crippen molar-refractivity contribution in [1.29, 1.82) is 0 Å². The van der Waals surface area contributed by atoms with Gasteiger partial charge in [0, 0.05) is 40.0 Å². The fraction of sp³-hybridized carbons (Fsp3) is 0.387. The van der Waals surface area contributed by atoms with Gasteiger partial charge < -0.3 is 10.2 Å². The lowest BCUT2D eigenvalue weighted by Gasteiger charge is -2.22. The Morgan fingerprint density at radius 1 is 0.902 bits per heavy atom. The first-order chi connectivity index (χ1) is 19.0. The monoisotopic (exact) mass is 649 g/mol. The second kappa shape index (κ2) is 19.4. The van der Waals surface area contributed by atoms with E-state index in [1.54, 1.807) is 24.4 Å². The van der Waals surface area contributed by atoms with E-state index in [2.05, 4.69) is 61.2 Å². The zero-order valence-corrected chi connectivity index (χ0v) is 27.6. The number of nitrogens with zero attached hydrogens (tertiary/aromatic N) is 3. The molecule has 41 heavy (non-hydrogen) atoms. The molecule has 0 amide bonds. The molecule has 0 saturated heterocycles. The Morgan fingerprint density at radius 2 is 1.39 bits per heavy atom. The van der Waals surface area contributed by atoms with Gasteiger partial charge in [0.05, 0.1) is 25.2 Å². The molecule has 0 bridgehead atoms. The number of aliphatic hydroxyl groups is 2. The summed E-state index contributed by atoms with van der Waals surface area (Å²) in [7, 11) is -3.56. The minimum absolute atomic E-state index is 0.00722. The molecule has 0 saturated carbocycles. The third kappa shape index (κ3) is 18.3. The first-order valence-electron chi connectivity index (χ1n) is 13.0. The fourth-order valence-electron chi connectivity index (χ4n) is 2.64. The van der Waals surface area contributed by atoms with Crippen LogP contribution in [-0.2, 0) is 39.4 Å². The number of aromatic nitrogens is 3. The molecule has 0 radical (unpaired) electrons. The van der Waals surface area contributed by atoms with Crippen molar-refractivity contribution in [2.24, 2.45) is 0 Å². The highest BCUT2D eigenvalue weighted by Gasteiger charge is 2.25. The molecule has 3 rings (SSSR count). The Labute approximate surface area is 254 Å². The zero-order chi connectivity index (χ0) is 31.6. The lowest BCUT2D eigenvalue weighted by atomic mass is 9.99. The van der Waals surface area contributed by atoms with E-state index < -0.39 is 15.7 Å². The van der Waals surface area contributed by atoms with Crippen LogP contribution in [0.5, 0.6) is 0 Å². The largest absolute Gasteiger partial charge is 0.390 e. The molecule has 226 valence electrons. The molecule has 0 fully saturated rings. The molecule has 3 aromatic heterocycles. The van der Waals surface area contributed by atoms with Crippen molar-refractivity contribution in [3.8, 4) is 0 Å². The maximum absolute atomic E-state index is 10.9. The first kappa shape index (κ1) is 38.2. The van der Waals surface area contributed by atoms with Gasteiger partial charge in [-0.15, -0.1) is 6.58 Å². The summed E-state index contributed by atoms with van der Waals surface area (Å²) in [6.45, 7) is 18.6. The summed E-state index contributed by atoms with van der Waals surface area (Å²) in [6, 6.07) is 11.2. The van der Waals surface area contributed by atoms with Gasteiger partial charge in [0.25, 0.3) is 10.1 Å². The van der Waals surface area contributed by atoms with E-state index in [-0.39, 0.29) is 13.2 Å². The smallest absolute Gasteiger partial charge is 0.264 e. The molecule has 0 aromatic carbocycles. The van der Waals surface area contributed by atoms with Crippen LogP contribution < -0.4 is 0 Å². The van der Waals surface area contributed by atoms with Gasteiger partial charge >= 0.3 is 0 Å².